The Hall–Kier alpha value is -2.42. The smallest absolute Gasteiger partial charge is 0.288 e. The molecule has 0 atom stereocenters. The number of nitrogens with zero attached hydrogens (tertiary/aromatic N) is 1. The maximum atomic E-state index is 12.4. The van der Waals surface area contributed by atoms with Crippen molar-refractivity contribution in [1.82, 2.24) is 5.32 Å². The minimum absolute atomic E-state index is 0.00921. The monoisotopic (exact) mass is 413 g/mol. The number of hydrogen-bond donors (Lipinski definition) is 2. The van der Waals surface area contributed by atoms with Gasteiger partial charge in [0.05, 0.1) is 17.6 Å². The highest BCUT2D eigenvalue weighted by Gasteiger charge is 2.17. The Morgan fingerprint density at radius 2 is 1.96 bits per heavy atom. The summed E-state index contributed by atoms with van der Waals surface area (Å²) in [5.74, 6) is -0.184. The summed E-state index contributed by atoms with van der Waals surface area (Å²) in [5, 5.41) is 16.5. The number of aryl methyl sites for hydroxylation is 1. The highest BCUT2D eigenvalue weighted by molar-refractivity contribution is 7.80. The highest BCUT2D eigenvalue weighted by Crippen LogP contribution is 2.30. The molecule has 0 unspecified atom stereocenters. The van der Waals surface area contributed by atoms with Crippen molar-refractivity contribution in [3.63, 3.8) is 0 Å². The first-order valence-electron chi connectivity index (χ1n) is 7.13. The molecule has 2 N–H and O–H groups in total. The predicted molar refractivity (Wildman–Crippen MR) is 105 cm³/mol. The van der Waals surface area contributed by atoms with E-state index >= 15 is 0 Å². The van der Waals surface area contributed by atoms with E-state index in [2.05, 4.69) is 10.6 Å². The average Bonchev–Trinajstić information content (AvgIpc) is 2.57. The summed E-state index contributed by atoms with van der Waals surface area (Å²) in [6.45, 7) is 1.65. The third kappa shape index (κ3) is 4.60. The van der Waals surface area contributed by atoms with Crippen LogP contribution in [0.2, 0.25) is 10.0 Å². The van der Waals surface area contributed by atoms with Gasteiger partial charge in [0, 0.05) is 16.8 Å². The largest absolute Gasteiger partial charge is 0.496 e. The number of thiocarbonyl (C=S) groups is 1. The molecule has 0 aliphatic heterocycles. The standard InChI is InChI=1S/C16H13Cl2N3O4S/c1-8-5-13(21(23)24)11(18)7-12(8)19-16(26)20-15(22)10-6-9(17)3-4-14(10)25-2/h3-7H,1-2H3,(H2,19,20,22,26). The lowest BCUT2D eigenvalue weighted by Crippen LogP contribution is -2.34. The fourth-order valence-electron chi connectivity index (χ4n) is 2.12. The summed E-state index contributed by atoms with van der Waals surface area (Å²) in [4.78, 5) is 22.7. The Morgan fingerprint density at radius 1 is 1.27 bits per heavy atom. The van der Waals surface area contributed by atoms with Gasteiger partial charge < -0.3 is 10.1 Å². The molecule has 0 fully saturated rings. The van der Waals surface area contributed by atoms with E-state index in [9.17, 15) is 14.9 Å². The first kappa shape index (κ1) is 19.9. The van der Waals surface area contributed by atoms with Crippen LogP contribution in [0.5, 0.6) is 5.75 Å². The van der Waals surface area contributed by atoms with Crippen LogP contribution in [0.1, 0.15) is 15.9 Å². The number of ether oxygens (including phenoxy) is 1. The van der Waals surface area contributed by atoms with Crippen molar-refractivity contribution in [3.05, 3.63) is 61.6 Å². The molecule has 0 aliphatic rings. The number of nitro benzene ring substituents is 1. The van der Waals surface area contributed by atoms with Crippen molar-refractivity contribution in [2.24, 2.45) is 0 Å². The summed E-state index contributed by atoms with van der Waals surface area (Å²) in [5.41, 5.74) is 0.970. The normalized spacial score (nSPS) is 10.2. The molecule has 0 heterocycles. The van der Waals surface area contributed by atoms with Crippen LogP contribution in [0.4, 0.5) is 11.4 Å². The van der Waals surface area contributed by atoms with Gasteiger partial charge in [-0.05, 0) is 49.0 Å². The van der Waals surface area contributed by atoms with Crippen LogP contribution in [0.15, 0.2) is 30.3 Å². The van der Waals surface area contributed by atoms with Crippen molar-refractivity contribution in [3.8, 4) is 5.75 Å². The summed E-state index contributed by atoms with van der Waals surface area (Å²) in [7, 11) is 1.43. The second-order valence-corrected chi connectivity index (χ2v) is 6.38. The summed E-state index contributed by atoms with van der Waals surface area (Å²) >= 11 is 16.9. The maximum absolute atomic E-state index is 12.4. The van der Waals surface area contributed by atoms with Gasteiger partial charge >= 0.3 is 0 Å². The molecule has 136 valence electrons. The third-order valence-electron chi connectivity index (χ3n) is 3.37. The van der Waals surface area contributed by atoms with Gasteiger partial charge in [-0.1, -0.05) is 23.2 Å². The Morgan fingerprint density at radius 3 is 2.58 bits per heavy atom. The Balaban J connectivity index is 2.17. The van der Waals surface area contributed by atoms with Gasteiger partial charge in [0.25, 0.3) is 11.6 Å². The summed E-state index contributed by atoms with van der Waals surface area (Å²) in [6, 6.07) is 7.29. The van der Waals surface area contributed by atoms with Crippen LogP contribution < -0.4 is 15.4 Å². The quantitative estimate of drug-likeness (QED) is 0.439. The van der Waals surface area contributed by atoms with E-state index in [-0.39, 0.29) is 21.4 Å². The SMILES string of the molecule is COc1ccc(Cl)cc1C(=O)NC(=S)Nc1cc(Cl)c([N+](=O)[O-])cc1C. The van der Waals surface area contributed by atoms with E-state index < -0.39 is 10.8 Å². The maximum Gasteiger partial charge on any atom is 0.288 e. The molecule has 0 aliphatic carbocycles. The van der Waals surface area contributed by atoms with E-state index in [0.29, 0.717) is 22.0 Å². The van der Waals surface area contributed by atoms with Crippen molar-refractivity contribution in [2.45, 2.75) is 6.92 Å². The van der Waals surface area contributed by atoms with E-state index in [1.165, 1.54) is 25.3 Å². The number of methoxy groups -OCH3 is 1. The van der Waals surface area contributed by atoms with E-state index in [0.717, 1.165) is 0 Å². The van der Waals surface area contributed by atoms with Gasteiger partial charge in [-0.2, -0.15) is 0 Å². The molecule has 0 bridgehead atoms. The van der Waals surface area contributed by atoms with Crippen LogP contribution in [0, 0.1) is 17.0 Å². The molecular formula is C16H13Cl2N3O4S. The number of nitrogens with one attached hydrogen (secondary N) is 2. The topological polar surface area (TPSA) is 93.5 Å². The second kappa shape index (κ2) is 8.31. The molecule has 0 aromatic heterocycles. The molecule has 2 rings (SSSR count). The number of rotatable bonds is 4. The zero-order chi connectivity index (χ0) is 19.4. The van der Waals surface area contributed by atoms with Crippen LogP contribution in [0.25, 0.3) is 0 Å². The Labute approximate surface area is 164 Å². The first-order chi connectivity index (χ1) is 12.2. The molecule has 0 spiro atoms. The lowest BCUT2D eigenvalue weighted by molar-refractivity contribution is -0.384. The number of benzene rings is 2. The number of anilines is 1. The third-order valence-corrected chi connectivity index (χ3v) is 4.11. The molecule has 0 radical (unpaired) electrons. The first-order valence-corrected chi connectivity index (χ1v) is 8.29. The van der Waals surface area contributed by atoms with Gasteiger partial charge in [0.15, 0.2) is 5.11 Å². The lowest BCUT2D eigenvalue weighted by atomic mass is 10.1. The summed E-state index contributed by atoms with van der Waals surface area (Å²) in [6.07, 6.45) is 0. The van der Waals surface area contributed by atoms with E-state index in [1.54, 1.807) is 19.1 Å². The van der Waals surface area contributed by atoms with Gasteiger partial charge in [0.2, 0.25) is 0 Å². The van der Waals surface area contributed by atoms with Gasteiger partial charge in [-0.15, -0.1) is 0 Å². The average molecular weight is 414 g/mol. The number of hydrogen-bond acceptors (Lipinski definition) is 5. The fourth-order valence-corrected chi connectivity index (χ4v) is 2.73. The zero-order valence-corrected chi connectivity index (χ0v) is 16.0. The Bertz CT molecular complexity index is 905. The minimum atomic E-state index is -0.579. The Kier molecular flexibility index (Phi) is 6.36. The van der Waals surface area contributed by atoms with Crippen LogP contribution in [0.3, 0.4) is 0 Å². The molecule has 26 heavy (non-hydrogen) atoms. The second-order valence-electron chi connectivity index (χ2n) is 5.13. The van der Waals surface area contributed by atoms with Crippen LogP contribution in [-0.2, 0) is 0 Å². The zero-order valence-electron chi connectivity index (χ0n) is 13.6. The van der Waals surface area contributed by atoms with Gasteiger partial charge in [0.1, 0.15) is 10.8 Å². The molecule has 7 nitrogen and oxygen atoms in total. The molecule has 2 aromatic rings. The van der Waals surface area contributed by atoms with Crippen molar-refractivity contribution in [1.29, 1.82) is 0 Å². The number of carbonyl (C=O) groups excluding carboxylic acids is 1. The lowest BCUT2D eigenvalue weighted by Gasteiger charge is -2.13. The highest BCUT2D eigenvalue weighted by atomic mass is 35.5. The number of carbonyl (C=O) groups is 1. The minimum Gasteiger partial charge on any atom is -0.496 e. The van der Waals surface area contributed by atoms with Crippen molar-refractivity contribution >= 4 is 57.8 Å². The van der Waals surface area contributed by atoms with Crippen LogP contribution >= 0.6 is 35.4 Å². The molecular weight excluding hydrogens is 401 g/mol. The van der Waals surface area contributed by atoms with E-state index in [4.69, 9.17) is 40.2 Å². The molecule has 0 saturated carbocycles. The van der Waals surface area contributed by atoms with Crippen molar-refractivity contribution < 1.29 is 14.5 Å². The van der Waals surface area contributed by atoms with Crippen LogP contribution in [-0.4, -0.2) is 23.1 Å². The van der Waals surface area contributed by atoms with Gasteiger partial charge in [-0.25, -0.2) is 0 Å². The number of halogens is 2. The van der Waals surface area contributed by atoms with Gasteiger partial charge in [-0.3, -0.25) is 20.2 Å². The number of amides is 1. The molecule has 10 heteroatoms. The predicted octanol–water partition coefficient (Wildman–Crippen LogP) is 4.35. The number of nitro groups is 1. The molecule has 1 amide bonds. The molecule has 0 saturated heterocycles. The van der Waals surface area contributed by atoms with Crippen molar-refractivity contribution in [2.75, 3.05) is 12.4 Å². The molecule has 2 aromatic carbocycles. The van der Waals surface area contributed by atoms with E-state index in [1.807, 2.05) is 0 Å². The fraction of sp³-hybridized carbons (Fsp3) is 0.125. The summed E-state index contributed by atoms with van der Waals surface area (Å²) < 4.78 is 5.13.